The fourth-order valence-electron chi connectivity index (χ4n) is 8.21. The number of esters is 1. The Balaban J connectivity index is 1.50. The highest BCUT2D eigenvalue weighted by molar-refractivity contribution is 5.70. The van der Waals surface area contributed by atoms with E-state index in [0.29, 0.717) is 17.8 Å². The van der Waals surface area contributed by atoms with E-state index in [1.807, 2.05) is 0 Å². The highest BCUT2D eigenvalue weighted by atomic mass is 16.6. The van der Waals surface area contributed by atoms with Gasteiger partial charge in [0.2, 0.25) is 0 Å². The summed E-state index contributed by atoms with van der Waals surface area (Å²) < 4.78 is 6.23. The fraction of sp³-hybridized carbons (Fsp3) is 0.821. The maximum absolute atomic E-state index is 12.7. The monoisotopic (exact) mass is 410 g/mol. The second-order valence-electron chi connectivity index (χ2n) is 11.3. The molecule has 2 nitrogen and oxygen atoms in total. The fourth-order valence-corrected chi connectivity index (χ4v) is 8.21. The average molecular weight is 411 g/mol. The van der Waals surface area contributed by atoms with Crippen LogP contribution in [-0.4, -0.2) is 11.6 Å². The Hall–Kier alpha value is -1.23. The zero-order valence-corrected chi connectivity index (χ0v) is 19.6. The van der Waals surface area contributed by atoms with Crippen LogP contribution in [0, 0.1) is 46.8 Å². The maximum Gasteiger partial charge on any atom is 0.307 e. The zero-order valence-electron chi connectivity index (χ0n) is 19.6. The molecule has 0 amide bonds. The Kier molecular flexibility index (Phi) is 6.13. The van der Waals surface area contributed by atoms with Gasteiger partial charge in [-0.1, -0.05) is 58.1 Å². The second-order valence-corrected chi connectivity index (χ2v) is 11.3. The molecule has 0 aromatic carbocycles. The van der Waals surface area contributed by atoms with Crippen molar-refractivity contribution in [2.24, 2.45) is 34.5 Å². The third kappa shape index (κ3) is 3.36. The van der Waals surface area contributed by atoms with E-state index >= 15 is 0 Å². The highest BCUT2D eigenvalue weighted by Crippen LogP contribution is 2.68. The van der Waals surface area contributed by atoms with Gasteiger partial charge in [0.05, 0.1) is 0 Å². The molecule has 0 heterocycles. The van der Waals surface area contributed by atoms with Crippen LogP contribution in [0.15, 0.2) is 12.2 Å². The summed E-state index contributed by atoms with van der Waals surface area (Å²) in [5, 5.41) is 0. The molecule has 0 aromatic heterocycles. The van der Waals surface area contributed by atoms with Crippen LogP contribution in [0.25, 0.3) is 0 Å². The van der Waals surface area contributed by atoms with Crippen molar-refractivity contribution >= 4 is 5.97 Å². The van der Waals surface area contributed by atoms with Crippen LogP contribution in [0.3, 0.4) is 0 Å². The van der Waals surface area contributed by atoms with Gasteiger partial charge in [-0.2, -0.15) is 0 Å². The van der Waals surface area contributed by atoms with Crippen LogP contribution in [-0.2, 0) is 9.53 Å². The zero-order chi connectivity index (χ0) is 21.4. The molecule has 7 atom stereocenters. The van der Waals surface area contributed by atoms with E-state index in [1.165, 1.54) is 44.9 Å². The van der Waals surface area contributed by atoms with Crippen molar-refractivity contribution in [3.05, 3.63) is 12.2 Å². The predicted molar refractivity (Wildman–Crippen MR) is 123 cm³/mol. The molecule has 4 aliphatic carbocycles. The van der Waals surface area contributed by atoms with E-state index in [0.717, 1.165) is 49.9 Å². The number of carbonyl (C=O) groups excluding carboxylic acids is 1. The summed E-state index contributed by atoms with van der Waals surface area (Å²) in [5.74, 6) is 5.99. The number of ether oxygens (including phenoxy) is 1. The van der Waals surface area contributed by atoms with Crippen molar-refractivity contribution in [2.75, 3.05) is 0 Å². The number of allylic oxidation sites excluding steroid dienone is 2. The van der Waals surface area contributed by atoms with Crippen molar-refractivity contribution in [1.29, 1.82) is 0 Å². The maximum atomic E-state index is 12.7. The number of terminal acetylenes is 1. The Bertz CT molecular complexity index is 717. The SMILES string of the molecule is C#C[C@]1(OC(=O)CCCCCC)CC[C@H]2[C@@H]3CC[C@H]4CC=CC[C@]4(C)[C@H]3CC[C@@]21C. The lowest BCUT2D eigenvalue weighted by Crippen LogP contribution is -2.56. The Morgan fingerprint density at radius 2 is 1.87 bits per heavy atom. The van der Waals surface area contributed by atoms with Crippen molar-refractivity contribution in [3.8, 4) is 12.3 Å². The Morgan fingerprint density at radius 3 is 2.63 bits per heavy atom. The molecule has 0 radical (unpaired) electrons. The first-order valence-corrected chi connectivity index (χ1v) is 12.7. The number of fused-ring (bicyclic) bond motifs is 5. The molecular formula is C28H42O2. The number of hydrogen-bond acceptors (Lipinski definition) is 2. The molecule has 166 valence electrons. The van der Waals surface area contributed by atoms with E-state index in [9.17, 15) is 4.79 Å². The summed E-state index contributed by atoms with van der Waals surface area (Å²) in [5.41, 5.74) is -0.291. The Labute approximate surface area is 184 Å². The van der Waals surface area contributed by atoms with Gasteiger partial charge in [-0.25, -0.2) is 0 Å². The minimum Gasteiger partial charge on any atom is -0.445 e. The van der Waals surface area contributed by atoms with Gasteiger partial charge in [0.1, 0.15) is 0 Å². The van der Waals surface area contributed by atoms with Crippen LogP contribution < -0.4 is 0 Å². The predicted octanol–water partition coefficient (Wildman–Crippen LogP) is 7.08. The molecule has 4 aliphatic rings. The van der Waals surface area contributed by atoms with Gasteiger partial charge in [-0.3, -0.25) is 4.79 Å². The lowest BCUT2D eigenvalue weighted by atomic mass is 9.45. The van der Waals surface area contributed by atoms with Gasteiger partial charge >= 0.3 is 5.97 Å². The molecule has 0 aliphatic heterocycles. The van der Waals surface area contributed by atoms with Gasteiger partial charge < -0.3 is 4.74 Å². The highest BCUT2D eigenvalue weighted by Gasteiger charge is 2.65. The average Bonchev–Trinajstić information content (AvgIpc) is 3.03. The number of rotatable bonds is 6. The van der Waals surface area contributed by atoms with Crippen LogP contribution in [0.5, 0.6) is 0 Å². The first-order valence-electron chi connectivity index (χ1n) is 12.7. The number of hydrogen-bond donors (Lipinski definition) is 0. The van der Waals surface area contributed by atoms with E-state index in [4.69, 9.17) is 11.2 Å². The third-order valence-corrected chi connectivity index (χ3v) is 10.1. The lowest BCUT2D eigenvalue weighted by Gasteiger charge is -2.60. The van der Waals surface area contributed by atoms with E-state index in [1.54, 1.807) is 0 Å². The first-order chi connectivity index (χ1) is 14.4. The second kappa shape index (κ2) is 8.37. The minimum atomic E-state index is -0.686. The normalized spacial score (nSPS) is 44.5. The summed E-state index contributed by atoms with van der Waals surface area (Å²) in [6.45, 7) is 7.12. The van der Waals surface area contributed by atoms with Crippen molar-refractivity contribution < 1.29 is 9.53 Å². The van der Waals surface area contributed by atoms with Gasteiger partial charge in [0.25, 0.3) is 0 Å². The lowest BCUT2D eigenvalue weighted by molar-refractivity contribution is -0.175. The van der Waals surface area contributed by atoms with Gasteiger partial charge in [0, 0.05) is 11.8 Å². The molecule has 0 spiro atoms. The summed E-state index contributed by atoms with van der Waals surface area (Å²) in [7, 11) is 0. The van der Waals surface area contributed by atoms with Crippen LogP contribution in [0.4, 0.5) is 0 Å². The van der Waals surface area contributed by atoms with Crippen molar-refractivity contribution in [1.82, 2.24) is 0 Å². The van der Waals surface area contributed by atoms with Crippen molar-refractivity contribution in [3.63, 3.8) is 0 Å². The van der Waals surface area contributed by atoms with Gasteiger partial charge in [-0.05, 0) is 86.9 Å². The van der Waals surface area contributed by atoms with Crippen LogP contribution in [0.1, 0.15) is 104 Å². The Morgan fingerprint density at radius 1 is 1.07 bits per heavy atom. The standard InChI is InChI=1S/C28H42O2/c1-5-7-8-9-13-25(29)30-28(6-2)20-17-24-22-15-14-21-12-10-11-18-26(21,3)23(22)16-19-27(24,28)4/h2,10-11,21-24H,5,7-9,12-20H2,1,3-4H3/t21-,22-,23+,24+,26+,27+,28+/m1/s1. The van der Waals surface area contributed by atoms with Gasteiger partial charge in [0.15, 0.2) is 5.60 Å². The molecule has 0 saturated heterocycles. The molecule has 3 saturated carbocycles. The van der Waals surface area contributed by atoms with Crippen LogP contribution in [0.2, 0.25) is 0 Å². The molecule has 0 aromatic rings. The molecular weight excluding hydrogens is 368 g/mol. The number of unbranched alkanes of at least 4 members (excludes halogenated alkanes) is 3. The molecule has 0 unspecified atom stereocenters. The van der Waals surface area contributed by atoms with Crippen LogP contribution >= 0.6 is 0 Å². The largest absolute Gasteiger partial charge is 0.445 e. The smallest absolute Gasteiger partial charge is 0.307 e. The topological polar surface area (TPSA) is 26.3 Å². The number of carbonyl (C=O) groups is 1. The van der Waals surface area contributed by atoms with E-state index in [-0.39, 0.29) is 11.4 Å². The summed E-state index contributed by atoms with van der Waals surface area (Å²) in [6, 6.07) is 0. The van der Waals surface area contributed by atoms with E-state index < -0.39 is 5.60 Å². The molecule has 4 rings (SSSR count). The minimum absolute atomic E-state index is 0.0598. The molecule has 0 bridgehead atoms. The van der Waals surface area contributed by atoms with E-state index in [2.05, 4.69) is 38.8 Å². The summed E-state index contributed by atoms with van der Waals surface area (Å²) in [6.07, 6.45) is 25.5. The summed E-state index contributed by atoms with van der Waals surface area (Å²) >= 11 is 0. The quantitative estimate of drug-likeness (QED) is 0.202. The molecule has 2 heteroatoms. The molecule has 3 fully saturated rings. The first kappa shape index (κ1) is 22.0. The third-order valence-electron chi connectivity index (χ3n) is 10.1. The molecule has 30 heavy (non-hydrogen) atoms. The summed E-state index contributed by atoms with van der Waals surface area (Å²) in [4.78, 5) is 12.7. The van der Waals surface area contributed by atoms with Gasteiger partial charge in [-0.15, -0.1) is 6.42 Å². The van der Waals surface area contributed by atoms with Crippen molar-refractivity contribution in [2.45, 2.75) is 110 Å². The molecule has 0 N–H and O–H groups in total.